The van der Waals surface area contributed by atoms with E-state index in [0.29, 0.717) is 31.0 Å². The number of para-hydroxylation sites is 1. The van der Waals surface area contributed by atoms with Crippen molar-refractivity contribution in [3.05, 3.63) is 42.7 Å². The van der Waals surface area contributed by atoms with Gasteiger partial charge in [0.05, 0.1) is 11.7 Å². The topological polar surface area (TPSA) is 116 Å². The van der Waals surface area contributed by atoms with Crippen molar-refractivity contribution in [3.8, 4) is 0 Å². The number of imide groups is 1. The lowest BCUT2D eigenvalue weighted by Crippen LogP contribution is -2.68. The van der Waals surface area contributed by atoms with Gasteiger partial charge in [0.2, 0.25) is 5.91 Å². The number of rotatable bonds is 5. The largest absolute Gasteiger partial charge is 0.480 e. The molecular formula is C17H20N4O4. The lowest BCUT2D eigenvalue weighted by Gasteiger charge is -2.47. The fourth-order valence-corrected chi connectivity index (χ4v) is 3.31. The number of anilines is 1. The number of likely N-dealkylation sites (tertiary alicyclic amines) is 2. The minimum Gasteiger partial charge on any atom is -0.480 e. The highest BCUT2D eigenvalue weighted by atomic mass is 16.4. The average molecular weight is 344 g/mol. The number of nitrogens with zero attached hydrogens (tertiary/aromatic N) is 2. The zero-order valence-electron chi connectivity index (χ0n) is 13.6. The molecule has 2 aliphatic rings. The van der Waals surface area contributed by atoms with Crippen molar-refractivity contribution in [3.63, 3.8) is 0 Å². The lowest BCUT2D eigenvalue weighted by molar-refractivity contribution is -0.167. The first-order valence-electron chi connectivity index (χ1n) is 7.99. The van der Waals surface area contributed by atoms with Gasteiger partial charge in [-0.1, -0.05) is 24.8 Å². The molecule has 3 amide bonds. The summed E-state index contributed by atoms with van der Waals surface area (Å²) in [4.78, 5) is 38.8. The summed E-state index contributed by atoms with van der Waals surface area (Å²) in [6.45, 7) is 4.95. The van der Waals surface area contributed by atoms with Crippen molar-refractivity contribution in [1.82, 2.24) is 9.80 Å². The van der Waals surface area contributed by atoms with Gasteiger partial charge in [0.25, 0.3) is 0 Å². The third kappa shape index (κ3) is 3.15. The second kappa shape index (κ2) is 6.46. The fraction of sp³-hybridized carbons (Fsp3) is 0.353. The van der Waals surface area contributed by atoms with Gasteiger partial charge < -0.3 is 21.1 Å². The molecule has 8 nitrogen and oxygen atoms in total. The van der Waals surface area contributed by atoms with E-state index in [1.165, 1.54) is 0 Å². The van der Waals surface area contributed by atoms with E-state index in [-0.39, 0.29) is 5.92 Å². The Morgan fingerprint density at radius 1 is 1.28 bits per heavy atom. The number of hydrogen-bond donors (Lipinski definition) is 3. The van der Waals surface area contributed by atoms with Crippen LogP contribution in [0.1, 0.15) is 6.42 Å². The van der Waals surface area contributed by atoms with E-state index in [4.69, 9.17) is 5.73 Å². The van der Waals surface area contributed by atoms with Gasteiger partial charge in [-0.15, -0.1) is 0 Å². The number of carboxylic acids is 1. The smallest absolute Gasteiger partial charge is 0.329 e. The van der Waals surface area contributed by atoms with Crippen LogP contribution in [0.15, 0.2) is 42.7 Å². The number of urea groups is 1. The minimum absolute atomic E-state index is 0.176. The molecule has 2 unspecified atom stereocenters. The van der Waals surface area contributed by atoms with Crippen molar-refractivity contribution in [2.24, 2.45) is 17.6 Å². The third-order valence-electron chi connectivity index (χ3n) is 4.66. The van der Waals surface area contributed by atoms with Crippen molar-refractivity contribution in [2.45, 2.75) is 12.5 Å². The van der Waals surface area contributed by atoms with E-state index < -0.39 is 29.9 Å². The Morgan fingerprint density at radius 2 is 1.92 bits per heavy atom. The van der Waals surface area contributed by atoms with Crippen molar-refractivity contribution in [2.75, 3.05) is 18.4 Å². The van der Waals surface area contributed by atoms with Crippen molar-refractivity contribution in [1.29, 1.82) is 0 Å². The summed E-state index contributed by atoms with van der Waals surface area (Å²) < 4.78 is 0. The molecule has 2 atom stereocenters. The molecule has 2 fully saturated rings. The van der Waals surface area contributed by atoms with Crippen LogP contribution >= 0.6 is 0 Å². The number of benzene rings is 1. The minimum atomic E-state index is -1.17. The van der Waals surface area contributed by atoms with E-state index in [1.54, 1.807) is 30.3 Å². The van der Waals surface area contributed by atoms with Crippen LogP contribution in [0.2, 0.25) is 0 Å². The predicted octanol–water partition coefficient (Wildman–Crippen LogP) is 0.882. The highest BCUT2D eigenvalue weighted by Crippen LogP contribution is 2.36. The SMILES string of the molecule is C=C(N)N1CC(CC2C(=O)N(C(=O)Nc3ccccc3)C2C(=O)O)C1. The molecule has 0 bridgehead atoms. The first-order valence-corrected chi connectivity index (χ1v) is 7.99. The van der Waals surface area contributed by atoms with E-state index in [2.05, 4.69) is 11.9 Å². The molecule has 0 saturated carbocycles. The molecule has 3 rings (SSSR count). The maximum absolute atomic E-state index is 12.3. The molecule has 4 N–H and O–H groups in total. The summed E-state index contributed by atoms with van der Waals surface area (Å²) in [6.07, 6.45) is 0.425. The maximum Gasteiger partial charge on any atom is 0.329 e. The van der Waals surface area contributed by atoms with Gasteiger partial charge in [0.1, 0.15) is 0 Å². The van der Waals surface area contributed by atoms with E-state index >= 15 is 0 Å². The molecule has 0 radical (unpaired) electrons. The molecule has 2 aliphatic heterocycles. The number of β-lactam (4-membered cyclic amide) rings is 1. The van der Waals surface area contributed by atoms with E-state index in [1.807, 2.05) is 4.90 Å². The van der Waals surface area contributed by atoms with Gasteiger partial charge in [-0.3, -0.25) is 4.79 Å². The van der Waals surface area contributed by atoms with Gasteiger partial charge in [0.15, 0.2) is 6.04 Å². The number of aliphatic carboxylic acids is 1. The number of carboxylic acid groups (broad SMARTS) is 1. The fourth-order valence-electron chi connectivity index (χ4n) is 3.31. The monoisotopic (exact) mass is 344 g/mol. The Hall–Kier alpha value is -3.03. The van der Waals surface area contributed by atoms with Gasteiger partial charge in [-0.25, -0.2) is 14.5 Å². The van der Waals surface area contributed by atoms with Crippen LogP contribution in [-0.2, 0) is 9.59 Å². The molecule has 0 aromatic heterocycles. The Balaban J connectivity index is 1.62. The molecular weight excluding hydrogens is 324 g/mol. The normalized spacial score (nSPS) is 22.8. The molecule has 2 saturated heterocycles. The molecule has 0 aliphatic carbocycles. The van der Waals surface area contributed by atoms with Crippen LogP contribution in [-0.4, -0.2) is 51.9 Å². The first kappa shape index (κ1) is 16.8. The van der Waals surface area contributed by atoms with Crippen LogP contribution in [0, 0.1) is 11.8 Å². The van der Waals surface area contributed by atoms with E-state index in [0.717, 1.165) is 4.90 Å². The molecule has 0 spiro atoms. The van der Waals surface area contributed by atoms with Gasteiger partial charge in [0, 0.05) is 18.8 Å². The van der Waals surface area contributed by atoms with Crippen LogP contribution < -0.4 is 11.1 Å². The number of hydrogen-bond acceptors (Lipinski definition) is 5. The lowest BCUT2D eigenvalue weighted by atomic mass is 9.78. The molecule has 132 valence electrons. The van der Waals surface area contributed by atoms with Gasteiger partial charge >= 0.3 is 12.0 Å². The summed E-state index contributed by atoms with van der Waals surface area (Å²) in [5.74, 6) is -1.67. The Kier molecular flexibility index (Phi) is 4.35. The zero-order chi connectivity index (χ0) is 18.1. The summed E-state index contributed by atoms with van der Waals surface area (Å²) in [5.41, 5.74) is 6.09. The standard InChI is InChI=1S/C17H20N4O4/c1-10(18)20-8-11(9-20)7-13-14(16(23)24)21(15(13)22)17(25)19-12-5-3-2-4-6-12/h2-6,11,13-14H,1,7-9,18H2,(H,19,25)(H,23,24). The number of amides is 3. The van der Waals surface area contributed by atoms with Crippen LogP contribution in [0.25, 0.3) is 0 Å². The molecule has 25 heavy (non-hydrogen) atoms. The zero-order valence-corrected chi connectivity index (χ0v) is 13.6. The average Bonchev–Trinajstić information content (AvgIpc) is 2.50. The summed E-state index contributed by atoms with van der Waals surface area (Å²) >= 11 is 0. The molecule has 8 heteroatoms. The summed E-state index contributed by atoms with van der Waals surface area (Å²) in [6, 6.07) is 6.74. The summed E-state index contributed by atoms with van der Waals surface area (Å²) in [5, 5.41) is 12.0. The number of nitrogens with one attached hydrogen (secondary N) is 1. The van der Waals surface area contributed by atoms with Crippen LogP contribution in [0.3, 0.4) is 0 Å². The maximum atomic E-state index is 12.3. The van der Waals surface area contributed by atoms with Crippen molar-refractivity contribution >= 4 is 23.6 Å². The highest BCUT2D eigenvalue weighted by molar-refractivity contribution is 6.11. The second-order valence-corrected chi connectivity index (χ2v) is 6.39. The molecule has 1 aromatic carbocycles. The van der Waals surface area contributed by atoms with Crippen LogP contribution in [0.5, 0.6) is 0 Å². The van der Waals surface area contributed by atoms with Gasteiger partial charge in [-0.2, -0.15) is 0 Å². The first-order chi connectivity index (χ1) is 11.9. The Bertz CT molecular complexity index is 715. The second-order valence-electron chi connectivity index (χ2n) is 6.39. The van der Waals surface area contributed by atoms with Gasteiger partial charge in [-0.05, 0) is 24.5 Å². The van der Waals surface area contributed by atoms with E-state index in [9.17, 15) is 19.5 Å². The molecule has 2 heterocycles. The highest BCUT2D eigenvalue weighted by Gasteiger charge is 2.55. The number of carbonyl (C=O) groups excluding carboxylic acids is 2. The number of nitrogens with two attached hydrogens (primary N) is 1. The Morgan fingerprint density at radius 3 is 2.48 bits per heavy atom. The molecule has 1 aromatic rings. The number of carbonyl (C=O) groups is 3. The quantitative estimate of drug-likeness (QED) is 0.683. The third-order valence-corrected chi connectivity index (χ3v) is 4.66. The predicted molar refractivity (Wildman–Crippen MR) is 90.2 cm³/mol. The Labute approximate surface area is 144 Å². The summed E-state index contributed by atoms with van der Waals surface area (Å²) in [7, 11) is 0. The van der Waals surface area contributed by atoms with Crippen LogP contribution in [0.4, 0.5) is 10.5 Å². The van der Waals surface area contributed by atoms with Crippen molar-refractivity contribution < 1.29 is 19.5 Å².